The first-order valence-electron chi connectivity index (χ1n) is 4.52. The maximum absolute atomic E-state index is 11.8. The van der Waals surface area contributed by atoms with Crippen LogP contribution in [0.4, 0.5) is 10.2 Å². The van der Waals surface area contributed by atoms with Crippen molar-refractivity contribution >= 4 is 11.6 Å². The summed E-state index contributed by atoms with van der Waals surface area (Å²) in [6, 6.07) is 2.82. The van der Waals surface area contributed by atoms with Crippen LogP contribution in [0.5, 0.6) is 0 Å². The van der Waals surface area contributed by atoms with Gasteiger partial charge in [-0.3, -0.25) is 9.18 Å². The third-order valence-electron chi connectivity index (χ3n) is 1.93. The van der Waals surface area contributed by atoms with E-state index < -0.39 is 11.6 Å². The molecule has 0 saturated heterocycles. The number of alkyl halides is 1. The Morgan fingerprint density at radius 3 is 2.93 bits per heavy atom. The van der Waals surface area contributed by atoms with Crippen molar-refractivity contribution in [2.24, 2.45) is 0 Å². The molecule has 0 aliphatic heterocycles. The van der Waals surface area contributed by atoms with Crippen LogP contribution in [0.2, 0.25) is 0 Å². The lowest BCUT2D eigenvalue weighted by atomic mass is 10.2. The summed E-state index contributed by atoms with van der Waals surface area (Å²) in [4.78, 5) is 21.2. The Hall–Kier alpha value is -1.72. The fourth-order valence-corrected chi connectivity index (χ4v) is 1.24. The number of ketones is 1. The standard InChI is InChI=1S/C9H11FN2O3/c10-5-1-3-8(13)7-11-6-2-4-9(11)12(14)15/h2,4,6H,1,3,5,7H2/i10-1. The molecule has 0 radical (unpaired) electrons. The summed E-state index contributed by atoms with van der Waals surface area (Å²) in [6.07, 6.45) is 1.76. The van der Waals surface area contributed by atoms with Gasteiger partial charge in [-0.2, -0.15) is 0 Å². The van der Waals surface area contributed by atoms with Crippen LogP contribution in [0.15, 0.2) is 18.3 Å². The number of hydrogen-bond donors (Lipinski definition) is 0. The first kappa shape index (κ1) is 11.4. The van der Waals surface area contributed by atoms with E-state index in [0.29, 0.717) is 0 Å². The molecule has 5 nitrogen and oxygen atoms in total. The molecule has 15 heavy (non-hydrogen) atoms. The summed E-state index contributed by atoms with van der Waals surface area (Å²) in [5.74, 6) is -0.324. The summed E-state index contributed by atoms with van der Waals surface area (Å²) < 4.78 is 13.0. The van der Waals surface area contributed by atoms with Crippen LogP contribution in [0, 0.1) is 10.1 Å². The van der Waals surface area contributed by atoms with Gasteiger partial charge in [0.05, 0.1) is 12.9 Å². The van der Waals surface area contributed by atoms with Gasteiger partial charge in [-0.05, 0) is 17.4 Å². The second kappa shape index (κ2) is 5.23. The molecule has 1 aromatic rings. The maximum Gasteiger partial charge on any atom is 0.323 e. The average molecular weight is 213 g/mol. The minimum Gasteiger partial charge on any atom is -0.358 e. The smallest absolute Gasteiger partial charge is 0.323 e. The predicted octanol–water partition coefficient (Wildman–Crippen LogP) is 1.72. The van der Waals surface area contributed by atoms with Crippen molar-refractivity contribution in [1.82, 2.24) is 4.57 Å². The van der Waals surface area contributed by atoms with Gasteiger partial charge in [0.2, 0.25) is 0 Å². The summed E-state index contributed by atoms with van der Waals surface area (Å²) in [6.45, 7) is -0.608. The Bertz CT molecular complexity index is 362. The molecule has 0 bridgehead atoms. The Labute approximate surface area is 85.7 Å². The van der Waals surface area contributed by atoms with Crippen molar-refractivity contribution in [3.63, 3.8) is 0 Å². The average Bonchev–Trinajstić information content (AvgIpc) is 2.62. The first-order valence-corrected chi connectivity index (χ1v) is 4.52. The number of carbonyl (C=O) groups is 1. The van der Waals surface area contributed by atoms with Crippen LogP contribution in [0.3, 0.4) is 0 Å². The van der Waals surface area contributed by atoms with Gasteiger partial charge < -0.3 is 10.1 Å². The van der Waals surface area contributed by atoms with Crippen molar-refractivity contribution in [1.29, 1.82) is 0 Å². The highest BCUT2D eigenvalue weighted by Crippen LogP contribution is 2.12. The van der Waals surface area contributed by atoms with Gasteiger partial charge in [0, 0.05) is 12.5 Å². The summed E-state index contributed by atoms with van der Waals surface area (Å²) in [5, 5.41) is 10.5. The molecule has 0 fully saturated rings. The molecule has 0 N–H and O–H groups in total. The highest BCUT2D eigenvalue weighted by atomic mass is 18.2. The lowest BCUT2D eigenvalue weighted by Gasteiger charge is -2.00. The third-order valence-corrected chi connectivity index (χ3v) is 1.93. The van der Waals surface area contributed by atoms with Gasteiger partial charge in [0.25, 0.3) is 0 Å². The van der Waals surface area contributed by atoms with Gasteiger partial charge in [0.15, 0.2) is 5.78 Å². The molecule has 1 rings (SSSR count). The SMILES string of the molecule is O=C(CCC[18F])Cn1cccc1[N+](=O)[O-]. The molecule has 0 aromatic carbocycles. The second-order valence-corrected chi connectivity index (χ2v) is 3.08. The normalized spacial score (nSPS) is 10.2. The molecule has 0 amide bonds. The van der Waals surface area contributed by atoms with Gasteiger partial charge in [0.1, 0.15) is 6.54 Å². The third kappa shape index (κ3) is 3.16. The van der Waals surface area contributed by atoms with E-state index >= 15 is 0 Å². The Balaban J connectivity index is 2.60. The van der Waals surface area contributed by atoms with E-state index in [4.69, 9.17) is 0 Å². The molecule has 0 unspecified atom stereocenters. The quantitative estimate of drug-likeness (QED) is 0.533. The number of aromatic nitrogens is 1. The molecule has 6 heteroatoms. The lowest BCUT2D eigenvalue weighted by Crippen LogP contribution is -2.11. The minimum atomic E-state index is -0.553. The number of carbonyl (C=O) groups excluding carboxylic acids is 1. The fraction of sp³-hybridized carbons (Fsp3) is 0.444. The summed E-state index contributed by atoms with van der Waals surface area (Å²) >= 11 is 0. The molecular formula is C9H11FN2O3. The van der Waals surface area contributed by atoms with Crippen LogP contribution in [0.1, 0.15) is 12.8 Å². The molecule has 1 heterocycles. The molecule has 1 aromatic heterocycles. The van der Waals surface area contributed by atoms with Crippen molar-refractivity contribution in [2.45, 2.75) is 19.4 Å². The molecule has 0 aliphatic carbocycles. The largest absolute Gasteiger partial charge is 0.358 e. The van der Waals surface area contributed by atoms with Crippen molar-refractivity contribution in [3.05, 3.63) is 28.4 Å². The zero-order valence-corrected chi connectivity index (χ0v) is 8.06. The molecule has 82 valence electrons. The Morgan fingerprint density at radius 1 is 1.60 bits per heavy atom. The Kier molecular flexibility index (Phi) is 3.96. The number of nitrogens with zero attached hydrogens (tertiary/aromatic N) is 2. The van der Waals surface area contributed by atoms with Crippen LogP contribution < -0.4 is 0 Å². The van der Waals surface area contributed by atoms with Crippen LogP contribution in [-0.4, -0.2) is 21.9 Å². The van der Waals surface area contributed by atoms with E-state index in [1.165, 1.54) is 22.9 Å². The first-order chi connectivity index (χ1) is 7.15. The number of Topliss-reactive ketones (excluding diaryl/α,β-unsaturated/α-hetero) is 1. The molecule has 0 aliphatic rings. The number of halogens is 1. The van der Waals surface area contributed by atoms with Crippen LogP contribution in [-0.2, 0) is 11.3 Å². The zero-order valence-electron chi connectivity index (χ0n) is 8.06. The van der Waals surface area contributed by atoms with Gasteiger partial charge >= 0.3 is 5.82 Å². The van der Waals surface area contributed by atoms with E-state index in [0.717, 1.165) is 0 Å². The van der Waals surface area contributed by atoms with E-state index in [1.54, 1.807) is 0 Å². The summed E-state index contributed by atoms with van der Waals surface area (Å²) in [7, 11) is 0. The van der Waals surface area contributed by atoms with Gasteiger partial charge in [-0.25, -0.2) is 4.57 Å². The molecule has 0 spiro atoms. The van der Waals surface area contributed by atoms with Crippen molar-refractivity contribution < 1.29 is 14.1 Å². The number of nitro groups is 1. The number of hydrogen-bond acceptors (Lipinski definition) is 3. The fourth-order valence-electron chi connectivity index (χ4n) is 1.24. The molecular weight excluding hydrogens is 202 g/mol. The predicted molar refractivity (Wildman–Crippen MR) is 51.3 cm³/mol. The number of rotatable bonds is 6. The van der Waals surface area contributed by atoms with E-state index in [1.807, 2.05) is 0 Å². The maximum atomic E-state index is 11.8. The van der Waals surface area contributed by atoms with Crippen LogP contribution in [0.25, 0.3) is 0 Å². The minimum absolute atomic E-state index is 0.0662. The zero-order chi connectivity index (χ0) is 11.3. The summed E-state index contributed by atoms with van der Waals surface area (Å²) in [5.41, 5.74) is 0. The Morgan fingerprint density at radius 2 is 2.33 bits per heavy atom. The highest BCUT2D eigenvalue weighted by Gasteiger charge is 2.14. The van der Waals surface area contributed by atoms with Crippen molar-refractivity contribution in [2.75, 3.05) is 6.67 Å². The molecule has 0 saturated carbocycles. The molecule has 0 atom stereocenters. The van der Waals surface area contributed by atoms with Gasteiger partial charge in [-0.15, -0.1) is 0 Å². The van der Waals surface area contributed by atoms with E-state index in [-0.39, 0.29) is 31.0 Å². The van der Waals surface area contributed by atoms with Crippen molar-refractivity contribution in [3.8, 4) is 0 Å². The lowest BCUT2D eigenvalue weighted by molar-refractivity contribution is -0.391. The monoisotopic (exact) mass is 213 g/mol. The second-order valence-electron chi connectivity index (χ2n) is 3.08. The van der Waals surface area contributed by atoms with Crippen LogP contribution >= 0.6 is 0 Å². The van der Waals surface area contributed by atoms with E-state index in [2.05, 4.69) is 0 Å². The van der Waals surface area contributed by atoms with Gasteiger partial charge in [-0.1, -0.05) is 0 Å². The topological polar surface area (TPSA) is 65.1 Å². The highest BCUT2D eigenvalue weighted by molar-refractivity contribution is 5.78. The van der Waals surface area contributed by atoms with E-state index in [9.17, 15) is 19.3 Å².